The van der Waals surface area contributed by atoms with Crippen molar-refractivity contribution < 1.29 is 4.42 Å². The molecule has 22 heavy (non-hydrogen) atoms. The van der Waals surface area contributed by atoms with Crippen molar-refractivity contribution >= 4 is 32.7 Å². The van der Waals surface area contributed by atoms with Crippen LogP contribution < -0.4 is 0 Å². The first-order valence-corrected chi connectivity index (χ1v) is 7.85. The first-order chi connectivity index (χ1) is 10.5. The van der Waals surface area contributed by atoms with E-state index in [0.29, 0.717) is 0 Å². The highest BCUT2D eigenvalue weighted by atomic mass is 16.3. The summed E-state index contributed by atoms with van der Waals surface area (Å²) >= 11 is 0. The van der Waals surface area contributed by atoms with Gasteiger partial charge in [-0.25, -0.2) is 0 Å². The number of rotatable bonds is 1. The summed E-state index contributed by atoms with van der Waals surface area (Å²) in [7, 11) is 0. The SMILES string of the molecule is CC(C)(C)Cc1cccc2c1oc1ccc3ccccc3c12. The van der Waals surface area contributed by atoms with Crippen molar-refractivity contribution in [2.45, 2.75) is 27.2 Å². The zero-order valence-electron chi connectivity index (χ0n) is 13.3. The van der Waals surface area contributed by atoms with Crippen molar-refractivity contribution in [3.8, 4) is 0 Å². The normalized spacial score (nSPS) is 12.5. The minimum absolute atomic E-state index is 0.245. The Balaban J connectivity index is 2.10. The predicted molar refractivity (Wildman–Crippen MR) is 94.4 cm³/mol. The molecule has 0 atom stereocenters. The van der Waals surface area contributed by atoms with Crippen LogP contribution in [-0.2, 0) is 6.42 Å². The largest absolute Gasteiger partial charge is 0.456 e. The van der Waals surface area contributed by atoms with Crippen molar-refractivity contribution in [3.63, 3.8) is 0 Å². The zero-order chi connectivity index (χ0) is 15.3. The summed E-state index contributed by atoms with van der Waals surface area (Å²) in [5, 5.41) is 5.00. The summed E-state index contributed by atoms with van der Waals surface area (Å²) in [6.07, 6.45) is 1.02. The van der Waals surface area contributed by atoms with E-state index in [1.165, 1.54) is 27.1 Å². The lowest BCUT2D eigenvalue weighted by atomic mass is 9.87. The van der Waals surface area contributed by atoms with E-state index in [2.05, 4.69) is 75.4 Å². The highest BCUT2D eigenvalue weighted by Gasteiger charge is 2.17. The van der Waals surface area contributed by atoms with Gasteiger partial charge in [0.15, 0.2) is 0 Å². The molecular weight excluding hydrogens is 268 g/mol. The summed E-state index contributed by atoms with van der Waals surface area (Å²) in [6.45, 7) is 6.80. The number of para-hydroxylation sites is 1. The monoisotopic (exact) mass is 288 g/mol. The maximum absolute atomic E-state index is 6.24. The van der Waals surface area contributed by atoms with E-state index in [1.54, 1.807) is 0 Å². The van der Waals surface area contributed by atoms with E-state index < -0.39 is 0 Å². The molecule has 0 aliphatic carbocycles. The topological polar surface area (TPSA) is 13.1 Å². The number of fused-ring (bicyclic) bond motifs is 5. The molecule has 0 radical (unpaired) electrons. The Hall–Kier alpha value is -2.28. The molecule has 0 aliphatic heterocycles. The smallest absolute Gasteiger partial charge is 0.138 e. The third kappa shape index (κ3) is 2.09. The second kappa shape index (κ2) is 4.61. The Bertz CT molecular complexity index is 983. The molecular formula is C21H20O. The lowest BCUT2D eigenvalue weighted by Gasteiger charge is -2.18. The van der Waals surface area contributed by atoms with Gasteiger partial charge >= 0.3 is 0 Å². The van der Waals surface area contributed by atoms with Crippen LogP contribution >= 0.6 is 0 Å². The molecule has 110 valence electrons. The van der Waals surface area contributed by atoms with Gasteiger partial charge in [0.25, 0.3) is 0 Å². The molecule has 0 bridgehead atoms. The lowest BCUT2D eigenvalue weighted by molar-refractivity contribution is 0.410. The fourth-order valence-electron chi connectivity index (χ4n) is 3.34. The molecule has 0 fully saturated rings. The minimum Gasteiger partial charge on any atom is -0.456 e. The summed E-state index contributed by atoms with van der Waals surface area (Å²) in [5.41, 5.74) is 3.57. The molecule has 1 heteroatoms. The average Bonchev–Trinajstić information content (AvgIpc) is 2.86. The highest BCUT2D eigenvalue weighted by molar-refractivity contribution is 6.19. The van der Waals surface area contributed by atoms with Gasteiger partial charge in [-0.15, -0.1) is 0 Å². The van der Waals surface area contributed by atoms with Crippen molar-refractivity contribution in [2.75, 3.05) is 0 Å². The Morgan fingerprint density at radius 2 is 1.59 bits per heavy atom. The Morgan fingerprint density at radius 1 is 0.818 bits per heavy atom. The van der Waals surface area contributed by atoms with Gasteiger partial charge < -0.3 is 4.42 Å². The van der Waals surface area contributed by atoms with Gasteiger partial charge in [-0.05, 0) is 34.2 Å². The van der Waals surface area contributed by atoms with Crippen LogP contribution in [0.15, 0.2) is 59.0 Å². The van der Waals surface area contributed by atoms with E-state index in [4.69, 9.17) is 4.42 Å². The van der Waals surface area contributed by atoms with Crippen LogP contribution in [0.5, 0.6) is 0 Å². The van der Waals surface area contributed by atoms with Crippen LogP contribution in [0.25, 0.3) is 32.7 Å². The van der Waals surface area contributed by atoms with E-state index in [0.717, 1.165) is 17.6 Å². The van der Waals surface area contributed by atoms with E-state index in [1.807, 2.05) is 0 Å². The molecule has 0 aliphatic rings. The van der Waals surface area contributed by atoms with Crippen molar-refractivity contribution in [2.24, 2.45) is 5.41 Å². The van der Waals surface area contributed by atoms with Crippen LogP contribution in [0.1, 0.15) is 26.3 Å². The van der Waals surface area contributed by atoms with Crippen LogP contribution in [0.3, 0.4) is 0 Å². The van der Waals surface area contributed by atoms with Gasteiger partial charge in [0, 0.05) is 10.8 Å². The minimum atomic E-state index is 0.245. The maximum Gasteiger partial charge on any atom is 0.138 e. The first kappa shape index (κ1) is 13.4. The number of benzene rings is 3. The van der Waals surface area contributed by atoms with E-state index in [-0.39, 0.29) is 5.41 Å². The van der Waals surface area contributed by atoms with Crippen molar-refractivity contribution in [1.29, 1.82) is 0 Å². The zero-order valence-corrected chi connectivity index (χ0v) is 13.3. The van der Waals surface area contributed by atoms with Gasteiger partial charge in [0.1, 0.15) is 11.2 Å². The van der Waals surface area contributed by atoms with Gasteiger partial charge in [0.2, 0.25) is 0 Å². The molecule has 1 nitrogen and oxygen atoms in total. The quantitative estimate of drug-likeness (QED) is 0.399. The Morgan fingerprint density at radius 3 is 2.41 bits per heavy atom. The molecule has 0 unspecified atom stereocenters. The molecule has 4 aromatic rings. The fourth-order valence-corrected chi connectivity index (χ4v) is 3.34. The third-order valence-electron chi connectivity index (χ3n) is 4.19. The van der Waals surface area contributed by atoms with Gasteiger partial charge in [-0.1, -0.05) is 69.3 Å². The third-order valence-corrected chi connectivity index (χ3v) is 4.19. The summed E-state index contributed by atoms with van der Waals surface area (Å²) in [6, 6.07) is 19.3. The summed E-state index contributed by atoms with van der Waals surface area (Å²) < 4.78 is 6.24. The second-order valence-corrected chi connectivity index (χ2v) is 7.29. The van der Waals surface area contributed by atoms with Crippen LogP contribution in [-0.4, -0.2) is 0 Å². The van der Waals surface area contributed by atoms with Gasteiger partial charge in [0.05, 0.1) is 0 Å². The molecule has 1 heterocycles. The van der Waals surface area contributed by atoms with Gasteiger partial charge in [-0.2, -0.15) is 0 Å². The maximum atomic E-state index is 6.24. The summed E-state index contributed by atoms with van der Waals surface area (Å²) in [5.74, 6) is 0. The molecule has 0 amide bonds. The second-order valence-electron chi connectivity index (χ2n) is 7.29. The first-order valence-electron chi connectivity index (χ1n) is 7.85. The molecule has 3 aromatic carbocycles. The van der Waals surface area contributed by atoms with Crippen LogP contribution in [0, 0.1) is 5.41 Å². The fraction of sp³-hybridized carbons (Fsp3) is 0.238. The molecule has 0 saturated carbocycles. The summed E-state index contributed by atoms with van der Waals surface area (Å²) in [4.78, 5) is 0. The number of hydrogen-bond donors (Lipinski definition) is 0. The molecule has 0 saturated heterocycles. The van der Waals surface area contributed by atoms with Gasteiger partial charge in [-0.3, -0.25) is 0 Å². The highest BCUT2D eigenvalue weighted by Crippen LogP contribution is 2.37. The van der Waals surface area contributed by atoms with Crippen LogP contribution in [0.2, 0.25) is 0 Å². The number of hydrogen-bond acceptors (Lipinski definition) is 1. The van der Waals surface area contributed by atoms with Crippen molar-refractivity contribution in [1.82, 2.24) is 0 Å². The molecule has 0 N–H and O–H groups in total. The molecule has 0 spiro atoms. The molecule has 1 aromatic heterocycles. The van der Waals surface area contributed by atoms with Crippen molar-refractivity contribution in [3.05, 3.63) is 60.2 Å². The Labute approximate surface area is 130 Å². The lowest BCUT2D eigenvalue weighted by Crippen LogP contribution is -2.09. The standard InChI is InChI=1S/C21H20O/c1-21(2,3)13-15-8-6-10-17-19-16-9-5-4-7-14(16)11-12-18(19)22-20(15)17/h4-12H,13H2,1-3H3. The number of furan rings is 1. The van der Waals surface area contributed by atoms with Crippen LogP contribution in [0.4, 0.5) is 0 Å². The van der Waals surface area contributed by atoms with E-state index in [9.17, 15) is 0 Å². The predicted octanol–water partition coefficient (Wildman–Crippen LogP) is 6.33. The Kier molecular flexibility index (Phi) is 2.80. The molecule has 4 rings (SSSR count). The average molecular weight is 288 g/mol. The van der Waals surface area contributed by atoms with E-state index >= 15 is 0 Å².